The Bertz CT molecular complexity index is 1250. The highest BCUT2D eigenvalue weighted by atomic mass is 19.1. The van der Waals surface area contributed by atoms with Gasteiger partial charge in [-0.05, 0) is 73.4 Å². The topological polar surface area (TPSA) is 85.3 Å². The molecule has 1 N–H and O–H groups in total. The van der Waals surface area contributed by atoms with E-state index in [9.17, 15) is 23.5 Å². The minimum absolute atomic E-state index is 0.129. The third kappa shape index (κ3) is 6.66. The van der Waals surface area contributed by atoms with Crippen LogP contribution in [0.4, 0.5) is 25.0 Å². The number of amides is 1. The summed E-state index contributed by atoms with van der Waals surface area (Å²) in [6, 6.07) is 16.1. The van der Waals surface area contributed by atoms with Gasteiger partial charge in [-0.2, -0.15) is 0 Å². The van der Waals surface area contributed by atoms with Crippen molar-refractivity contribution >= 4 is 23.4 Å². The first-order valence-corrected chi connectivity index (χ1v) is 12.4. The Labute approximate surface area is 219 Å². The number of hydrogen-bond donors (Lipinski definition) is 1. The van der Waals surface area contributed by atoms with Crippen molar-refractivity contribution in [3.8, 4) is 5.75 Å². The molecule has 0 radical (unpaired) electrons. The Hall–Kier alpha value is -3.98. The number of rotatable bonds is 9. The summed E-state index contributed by atoms with van der Waals surface area (Å²) in [6.45, 7) is 1.91. The number of nitrogens with zero attached hydrogens (tertiary/aromatic N) is 1. The number of fused-ring (bicyclic) bond motifs is 1. The SMILES string of the molecule is CCOC(=O)CCOc1cccc2c1CC[C@](O)(COC(=O)N(c1cccc(F)c1)c1cccc(F)c1)C2. The molecule has 1 aliphatic carbocycles. The first kappa shape index (κ1) is 27.1. The number of anilines is 2. The molecule has 0 saturated heterocycles. The summed E-state index contributed by atoms with van der Waals surface area (Å²) in [5.41, 5.74) is 0.739. The molecule has 3 aromatic rings. The van der Waals surface area contributed by atoms with Crippen molar-refractivity contribution < 1.29 is 37.7 Å². The van der Waals surface area contributed by atoms with Crippen molar-refractivity contribution in [2.75, 3.05) is 24.7 Å². The lowest BCUT2D eigenvalue weighted by Crippen LogP contribution is -2.42. The van der Waals surface area contributed by atoms with Gasteiger partial charge >= 0.3 is 12.1 Å². The predicted octanol–water partition coefficient (Wildman–Crippen LogP) is 5.49. The first-order valence-electron chi connectivity index (χ1n) is 12.4. The Kier molecular flexibility index (Phi) is 8.58. The molecule has 38 heavy (non-hydrogen) atoms. The Balaban J connectivity index is 1.45. The standard InChI is InChI=1S/C29H29F2NO6/c1-2-36-27(33)13-15-37-26-11-3-6-20-18-29(35,14-12-25(20)26)19-38-28(34)32(23-9-4-7-21(30)16-23)24-10-5-8-22(31)17-24/h3-11,16-17,35H,2,12-15,18-19H2,1H3/t29-/m1/s1. The van der Waals surface area contributed by atoms with Crippen LogP contribution in [0.1, 0.15) is 30.9 Å². The van der Waals surface area contributed by atoms with Crippen LogP contribution in [0.2, 0.25) is 0 Å². The molecule has 4 rings (SSSR count). The number of halogens is 2. The number of carbonyl (C=O) groups excluding carboxylic acids is 2. The fraction of sp³-hybridized carbons (Fsp3) is 0.310. The fourth-order valence-electron chi connectivity index (χ4n) is 4.45. The average molecular weight is 526 g/mol. The van der Waals surface area contributed by atoms with E-state index in [1.165, 1.54) is 36.4 Å². The van der Waals surface area contributed by atoms with Crippen molar-refractivity contribution in [3.05, 3.63) is 89.5 Å². The van der Waals surface area contributed by atoms with Gasteiger partial charge in [-0.25, -0.2) is 18.5 Å². The van der Waals surface area contributed by atoms with Gasteiger partial charge in [-0.1, -0.05) is 24.3 Å². The second-order valence-electron chi connectivity index (χ2n) is 9.05. The van der Waals surface area contributed by atoms with Gasteiger partial charge in [0, 0.05) is 6.42 Å². The Morgan fingerprint density at radius 2 is 1.63 bits per heavy atom. The third-order valence-electron chi connectivity index (χ3n) is 6.24. The zero-order valence-electron chi connectivity index (χ0n) is 21.0. The fourth-order valence-corrected chi connectivity index (χ4v) is 4.45. The second kappa shape index (κ2) is 12.0. The molecule has 200 valence electrons. The Morgan fingerprint density at radius 1 is 0.974 bits per heavy atom. The maximum atomic E-state index is 13.9. The van der Waals surface area contributed by atoms with E-state index in [1.54, 1.807) is 13.0 Å². The molecule has 7 nitrogen and oxygen atoms in total. The molecular formula is C29H29F2NO6. The average Bonchev–Trinajstić information content (AvgIpc) is 2.88. The van der Waals surface area contributed by atoms with Gasteiger partial charge in [-0.3, -0.25) is 4.79 Å². The van der Waals surface area contributed by atoms with Crippen LogP contribution < -0.4 is 9.64 Å². The van der Waals surface area contributed by atoms with E-state index in [2.05, 4.69) is 0 Å². The zero-order valence-corrected chi connectivity index (χ0v) is 21.0. The third-order valence-corrected chi connectivity index (χ3v) is 6.24. The Morgan fingerprint density at radius 3 is 2.26 bits per heavy atom. The van der Waals surface area contributed by atoms with E-state index in [0.717, 1.165) is 28.2 Å². The van der Waals surface area contributed by atoms with Crippen molar-refractivity contribution in [3.63, 3.8) is 0 Å². The molecule has 9 heteroatoms. The second-order valence-corrected chi connectivity index (χ2v) is 9.05. The van der Waals surface area contributed by atoms with Gasteiger partial charge in [0.1, 0.15) is 29.6 Å². The minimum Gasteiger partial charge on any atom is -0.493 e. The van der Waals surface area contributed by atoms with E-state index < -0.39 is 23.3 Å². The van der Waals surface area contributed by atoms with Crippen molar-refractivity contribution in [2.45, 2.75) is 38.2 Å². The van der Waals surface area contributed by atoms with Gasteiger partial charge < -0.3 is 19.3 Å². The summed E-state index contributed by atoms with van der Waals surface area (Å²) in [5, 5.41) is 11.3. The quantitative estimate of drug-likeness (QED) is 0.372. The van der Waals surface area contributed by atoms with Crippen LogP contribution in [0.5, 0.6) is 5.75 Å². The molecule has 0 fully saturated rings. The van der Waals surface area contributed by atoms with Gasteiger partial charge in [0.2, 0.25) is 0 Å². The van der Waals surface area contributed by atoms with Crippen LogP contribution in [-0.4, -0.2) is 42.6 Å². The molecule has 3 aromatic carbocycles. The molecule has 0 heterocycles. The van der Waals surface area contributed by atoms with Gasteiger partial charge in [0.25, 0.3) is 0 Å². The number of hydrogen-bond acceptors (Lipinski definition) is 6. The minimum atomic E-state index is -1.35. The lowest BCUT2D eigenvalue weighted by molar-refractivity contribution is -0.143. The monoisotopic (exact) mass is 525 g/mol. The van der Waals surface area contributed by atoms with Crippen molar-refractivity contribution in [1.29, 1.82) is 0 Å². The normalized spacial score (nSPS) is 16.3. The van der Waals surface area contributed by atoms with Crippen LogP contribution in [0, 0.1) is 11.6 Å². The molecule has 0 bridgehead atoms. The summed E-state index contributed by atoms with van der Waals surface area (Å²) in [6.07, 6.45) is 0.230. The molecule has 1 amide bonds. The van der Waals surface area contributed by atoms with Crippen LogP contribution in [0.15, 0.2) is 66.7 Å². The zero-order chi connectivity index (χ0) is 27.1. The van der Waals surface area contributed by atoms with Gasteiger partial charge in [0.05, 0.1) is 31.0 Å². The lowest BCUT2D eigenvalue weighted by Gasteiger charge is -2.34. The number of carbonyl (C=O) groups is 2. The molecular weight excluding hydrogens is 496 g/mol. The van der Waals surface area contributed by atoms with E-state index in [1.807, 2.05) is 12.1 Å². The smallest absolute Gasteiger partial charge is 0.419 e. The molecule has 0 spiro atoms. The van der Waals surface area contributed by atoms with E-state index in [0.29, 0.717) is 25.2 Å². The van der Waals surface area contributed by atoms with E-state index >= 15 is 0 Å². The van der Waals surface area contributed by atoms with Crippen LogP contribution in [0.25, 0.3) is 0 Å². The highest BCUT2D eigenvalue weighted by Gasteiger charge is 2.36. The summed E-state index contributed by atoms with van der Waals surface area (Å²) in [4.78, 5) is 25.8. The molecule has 1 atom stereocenters. The van der Waals surface area contributed by atoms with E-state index in [-0.39, 0.29) is 43.4 Å². The maximum Gasteiger partial charge on any atom is 0.419 e. The molecule has 0 aliphatic heterocycles. The summed E-state index contributed by atoms with van der Waals surface area (Å²) >= 11 is 0. The highest BCUT2D eigenvalue weighted by molar-refractivity contribution is 5.96. The predicted molar refractivity (Wildman–Crippen MR) is 136 cm³/mol. The van der Waals surface area contributed by atoms with Crippen LogP contribution in [0.3, 0.4) is 0 Å². The largest absolute Gasteiger partial charge is 0.493 e. The number of benzene rings is 3. The summed E-state index contributed by atoms with van der Waals surface area (Å²) in [5.74, 6) is -0.841. The number of esters is 1. The molecule has 1 aliphatic rings. The van der Waals surface area contributed by atoms with Crippen molar-refractivity contribution in [2.24, 2.45) is 0 Å². The maximum absolute atomic E-state index is 13.9. The number of aliphatic hydroxyl groups is 1. The molecule has 0 aromatic heterocycles. The summed E-state index contributed by atoms with van der Waals surface area (Å²) < 4.78 is 44.1. The lowest BCUT2D eigenvalue weighted by atomic mass is 9.80. The molecule has 0 saturated carbocycles. The van der Waals surface area contributed by atoms with Crippen molar-refractivity contribution in [1.82, 2.24) is 0 Å². The molecule has 0 unspecified atom stereocenters. The van der Waals surface area contributed by atoms with Gasteiger partial charge in [0.15, 0.2) is 0 Å². The van der Waals surface area contributed by atoms with Gasteiger partial charge in [-0.15, -0.1) is 0 Å². The first-order chi connectivity index (χ1) is 18.3. The highest BCUT2D eigenvalue weighted by Crippen LogP contribution is 2.35. The van der Waals surface area contributed by atoms with E-state index in [4.69, 9.17) is 14.2 Å². The van der Waals surface area contributed by atoms with Crippen LogP contribution in [-0.2, 0) is 27.1 Å². The van der Waals surface area contributed by atoms with Crippen LogP contribution >= 0.6 is 0 Å². The summed E-state index contributed by atoms with van der Waals surface area (Å²) in [7, 11) is 0. The number of ether oxygens (including phenoxy) is 3.